The number of hydrogen-bond donors (Lipinski definition) is 2. The van der Waals surface area contributed by atoms with Crippen LogP contribution in [0.15, 0.2) is 41.2 Å². The molecule has 0 saturated heterocycles. The van der Waals surface area contributed by atoms with Crippen LogP contribution in [-0.4, -0.2) is 14.7 Å². The van der Waals surface area contributed by atoms with Crippen molar-refractivity contribution in [2.45, 2.75) is 32.9 Å². The number of para-hydroxylation sites is 1. The summed E-state index contributed by atoms with van der Waals surface area (Å²) in [6, 6.07) is 11.1. The molecule has 0 spiro atoms. The van der Waals surface area contributed by atoms with Gasteiger partial charge in [0.25, 0.3) is 5.56 Å². The van der Waals surface area contributed by atoms with E-state index in [2.05, 4.69) is 10.3 Å². The van der Waals surface area contributed by atoms with Gasteiger partial charge >= 0.3 is 0 Å². The van der Waals surface area contributed by atoms with Crippen LogP contribution in [0.4, 0.5) is 5.69 Å². The van der Waals surface area contributed by atoms with Crippen molar-refractivity contribution in [2.75, 3.05) is 5.32 Å². The molecule has 1 aromatic heterocycles. The molecule has 122 valence electrons. The average Bonchev–Trinajstić information content (AvgIpc) is 3.03. The first-order valence-electron chi connectivity index (χ1n) is 8.18. The topological polar surface area (TPSA) is 67.2 Å². The first kappa shape index (κ1) is 14.8. The summed E-state index contributed by atoms with van der Waals surface area (Å²) in [6.07, 6.45) is 1.85. The monoisotopic (exact) mass is 321 g/mol. The minimum Gasteiger partial charge on any atom is -0.508 e. The molecule has 24 heavy (non-hydrogen) atoms. The summed E-state index contributed by atoms with van der Waals surface area (Å²) in [5.74, 6) is 1.16. The lowest BCUT2D eigenvalue weighted by Crippen LogP contribution is -2.21. The Bertz CT molecular complexity index is 992. The second-order valence-corrected chi connectivity index (χ2v) is 6.25. The Labute approximate surface area is 139 Å². The van der Waals surface area contributed by atoms with E-state index in [0.717, 1.165) is 47.5 Å². The molecular formula is C19H19N3O2. The highest BCUT2D eigenvalue weighted by Crippen LogP contribution is 2.24. The summed E-state index contributed by atoms with van der Waals surface area (Å²) in [6.45, 7) is 3.25. The Morgan fingerprint density at radius 2 is 2.12 bits per heavy atom. The van der Waals surface area contributed by atoms with E-state index >= 15 is 0 Å². The van der Waals surface area contributed by atoms with Crippen molar-refractivity contribution < 1.29 is 5.11 Å². The maximum atomic E-state index is 12.7. The fourth-order valence-electron chi connectivity index (χ4n) is 3.28. The van der Waals surface area contributed by atoms with Crippen LogP contribution in [0.3, 0.4) is 0 Å². The van der Waals surface area contributed by atoms with Gasteiger partial charge in [0, 0.05) is 30.8 Å². The predicted molar refractivity (Wildman–Crippen MR) is 94.5 cm³/mol. The van der Waals surface area contributed by atoms with E-state index in [-0.39, 0.29) is 11.3 Å². The van der Waals surface area contributed by atoms with E-state index in [4.69, 9.17) is 0 Å². The maximum absolute atomic E-state index is 12.7. The van der Waals surface area contributed by atoms with Gasteiger partial charge < -0.3 is 10.4 Å². The van der Waals surface area contributed by atoms with Gasteiger partial charge in [-0.25, -0.2) is 4.98 Å². The van der Waals surface area contributed by atoms with Crippen molar-refractivity contribution in [1.82, 2.24) is 9.55 Å². The summed E-state index contributed by atoms with van der Waals surface area (Å²) < 4.78 is 1.78. The average molecular weight is 321 g/mol. The van der Waals surface area contributed by atoms with E-state index in [1.165, 1.54) is 0 Å². The zero-order chi connectivity index (χ0) is 16.7. The Morgan fingerprint density at radius 1 is 1.29 bits per heavy atom. The van der Waals surface area contributed by atoms with Crippen molar-refractivity contribution in [1.29, 1.82) is 0 Å². The second-order valence-electron chi connectivity index (χ2n) is 6.25. The molecule has 0 aliphatic carbocycles. The molecule has 2 heterocycles. The molecule has 0 amide bonds. The molecule has 0 unspecified atom stereocenters. The van der Waals surface area contributed by atoms with Crippen LogP contribution in [0.1, 0.15) is 23.4 Å². The van der Waals surface area contributed by atoms with Gasteiger partial charge in [0.05, 0.1) is 10.9 Å². The lowest BCUT2D eigenvalue weighted by molar-refractivity contribution is 0.469. The molecule has 0 saturated carbocycles. The molecule has 2 N–H and O–H groups in total. The number of nitrogens with one attached hydrogen (secondary N) is 1. The minimum absolute atomic E-state index is 0.0399. The van der Waals surface area contributed by atoms with Gasteiger partial charge in [-0.1, -0.05) is 18.2 Å². The normalized spacial score (nSPS) is 13.2. The SMILES string of the molecule is Cc1cc2nc3n(c(=O)c2cc1NCc1ccccc1O)CCC3. The van der Waals surface area contributed by atoms with E-state index in [1.54, 1.807) is 16.7 Å². The smallest absolute Gasteiger partial charge is 0.261 e. The molecule has 0 atom stereocenters. The quantitative estimate of drug-likeness (QED) is 0.778. The third kappa shape index (κ3) is 2.42. The number of anilines is 1. The molecule has 5 heteroatoms. The molecule has 1 aliphatic rings. The van der Waals surface area contributed by atoms with Crippen LogP contribution in [0.2, 0.25) is 0 Å². The summed E-state index contributed by atoms with van der Waals surface area (Å²) in [5.41, 5.74) is 3.55. The number of nitrogens with zero attached hydrogens (tertiary/aromatic N) is 2. The van der Waals surface area contributed by atoms with Crippen molar-refractivity contribution in [3.05, 3.63) is 63.7 Å². The first-order chi connectivity index (χ1) is 11.6. The van der Waals surface area contributed by atoms with E-state index < -0.39 is 0 Å². The van der Waals surface area contributed by atoms with Gasteiger partial charge in [0.15, 0.2) is 0 Å². The predicted octanol–water partition coefficient (Wildman–Crippen LogP) is 2.97. The van der Waals surface area contributed by atoms with Gasteiger partial charge in [-0.05, 0) is 37.1 Å². The molecule has 0 radical (unpaired) electrons. The fourth-order valence-corrected chi connectivity index (χ4v) is 3.28. The number of fused-ring (bicyclic) bond motifs is 2. The molecule has 1 aliphatic heterocycles. The number of aromatic nitrogens is 2. The zero-order valence-electron chi connectivity index (χ0n) is 13.5. The number of aromatic hydroxyl groups is 1. The fraction of sp³-hybridized carbons (Fsp3) is 0.263. The Morgan fingerprint density at radius 3 is 2.96 bits per heavy atom. The molecule has 4 rings (SSSR count). The van der Waals surface area contributed by atoms with Crippen LogP contribution in [0.25, 0.3) is 10.9 Å². The largest absolute Gasteiger partial charge is 0.508 e. The number of rotatable bonds is 3. The molecular weight excluding hydrogens is 302 g/mol. The van der Waals surface area contributed by atoms with Crippen molar-refractivity contribution in [2.24, 2.45) is 0 Å². The van der Waals surface area contributed by atoms with Crippen molar-refractivity contribution >= 4 is 16.6 Å². The summed E-state index contributed by atoms with van der Waals surface area (Å²) in [5, 5.41) is 13.8. The third-order valence-electron chi connectivity index (χ3n) is 4.62. The lowest BCUT2D eigenvalue weighted by atomic mass is 10.1. The molecule has 3 aromatic rings. The Balaban J connectivity index is 1.72. The number of phenols is 1. The summed E-state index contributed by atoms with van der Waals surface area (Å²) in [7, 11) is 0. The molecule has 5 nitrogen and oxygen atoms in total. The minimum atomic E-state index is 0.0399. The molecule has 0 fully saturated rings. The van der Waals surface area contributed by atoms with Crippen LogP contribution in [0.5, 0.6) is 5.75 Å². The maximum Gasteiger partial charge on any atom is 0.261 e. The van der Waals surface area contributed by atoms with E-state index in [9.17, 15) is 9.90 Å². The van der Waals surface area contributed by atoms with Crippen LogP contribution < -0.4 is 10.9 Å². The number of aryl methyl sites for hydroxylation is 2. The third-order valence-corrected chi connectivity index (χ3v) is 4.62. The lowest BCUT2D eigenvalue weighted by Gasteiger charge is -2.13. The first-order valence-corrected chi connectivity index (χ1v) is 8.18. The summed E-state index contributed by atoms with van der Waals surface area (Å²) >= 11 is 0. The van der Waals surface area contributed by atoms with Gasteiger partial charge in [-0.15, -0.1) is 0 Å². The van der Waals surface area contributed by atoms with Crippen molar-refractivity contribution in [3.8, 4) is 5.75 Å². The highest BCUT2D eigenvalue weighted by molar-refractivity contribution is 5.83. The van der Waals surface area contributed by atoms with Crippen molar-refractivity contribution in [3.63, 3.8) is 0 Å². The van der Waals surface area contributed by atoms with E-state index in [0.29, 0.717) is 11.9 Å². The Hall–Kier alpha value is -2.82. The molecule has 2 aromatic carbocycles. The second kappa shape index (κ2) is 5.67. The van der Waals surface area contributed by atoms with Gasteiger partial charge in [-0.3, -0.25) is 9.36 Å². The zero-order valence-corrected chi connectivity index (χ0v) is 13.5. The number of phenolic OH excluding ortho intramolecular Hbond substituents is 1. The Kier molecular flexibility index (Phi) is 3.49. The van der Waals surface area contributed by atoms with Crippen LogP contribution in [0, 0.1) is 6.92 Å². The van der Waals surface area contributed by atoms with Gasteiger partial charge in [0.2, 0.25) is 0 Å². The summed E-state index contributed by atoms with van der Waals surface area (Å²) in [4.78, 5) is 17.3. The molecule has 0 bridgehead atoms. The highest BCUT2D eigenvalue weighted by atomic mass is 16.3. The van der Waals surface area contributed by atoms with E-state index in [1.807, 2.05) is 31.2 Å². The van der Waals surface area contributed by atoms with Gasteiger partial charge in [-0.2, -0.15) is 0 Å². The van der Waals surface area contributed by atoms with Crippen LogP contribution in [-0.2, 0) is 19.5 Å². The van der Waals surface area contributed by atoms with Crippen LogP contribution >= 0.6 is 0 Å². The van der Waals surface area contributed by atoms with Gasteiger partial charge in [0.1, 0.15) is 11.6 Å². The standard InChI is InChI=1S/C19H19N3O2/c1-12-9-16-14(19(24)22-8-4-7-18(22)21-16)10-15(12)20-11-13-5-2-3-6-17(13)23/h2-3,5-6,9-10,20,23H,4,7-8,11H2,1H3. The number of benzene rings is 2. The number of hydrogen-bond acceptors (Lipinski definition) is 4. The highest BCUT2D eigenvalue weighted by Gasteiger charge is 2.17.